The van der Waals surface area contributed by atoms with Crippen LogP contribution in [0.15, 0.2) is 60.0 Å². The van der Waals surface area contributed by atoms with Crippen molar-refractivity contribution in [2.75, 3.05) is 17.7 Å². The maximum Gasteiger partial charge on any atom is 0.360 e. The number of methoxy groups -OCH3 is 1. The second-order valence-electron chi connectivity index (χ2n) is 7.49. The van der Waals surface area contributed by atoms with Gasteiger partial charge in [-0.05, 0) is 47.8 Å². The molecule has 2 aromatic carbocycles. The van der Waals surface area contributed by atoms with Crippen LogP contribution in [-0.4, -0.2) is 48.1 Å². The molecule has 0 unspecified atom stereocenters. The molecule has 4 rings (SSSR count). The number of nitrogens with one attached hydrogen (secondary N) is 2. The van der Waals surface area contributed by atoms with Crippen LogP contribution in [0.3, 0.4) is 0 Å². The highest BCUT2D eigenvalue weighted by Gasteiger charge is 2.44. The highest BCUT2D eigenvalue weighted by Crippen LogP contribution is 2.59. The molecule has 0 radical (unpaired) electrons. The van der Waals surface area contributed by atoms with Crippen LogP contribution in [0.1, 0.15) is 10.4 Å². The van der Waals surface area contributed by atoms with Crippen LogP contribution in [0.25, 0.3) is 21.6 Å². The zero-order chi connectivity index (χ0) is 26.1. The first-order chi connectivity index (χ1) is 17.0. The average Bonchev–Trinajstić information content (AvgIpc) is 3.30. The fourth-order valence-electron chi connectivity index (χ4n) is 3.26. The summed E-state index contributed by atoms with van der Waals surface area (Å²) in [4.78, 5) is 59.8. The van der Waals surface area contributed by atoms with Gasteiger partial charge in [-0.1, -0.05) is 12.1 Å². The molecule has 0 aliphatic carbocycles. The smallest absolute Gasteiger partial charge is 0.360 e. The summed E-state index contributed by atoms with van der Waals surface area (Å²) in [5.41, 5.74) is -1.19. The first-order valence-electron chi connectivity index (χ1n) is 10.1. The van der Waals surface area contributed by atoms with Gasteiger partial charge in [0, 0.05) is 16.8 Å². The molecular weight excluding hydrogens is 530 g/mol. The Morgan fingerprint density at radius 1 is 1.00 bits per heavy atom. The molecule has 1 amide bonds. The van der Waals surface area contributed by atoms with Gasteiger partial charge < -0.3 is 34.9 Å². The van der Waals surface area contributed by atoms with E-state index in [2.05, 4.69) is 20.6 Å². The molecule has 2 aromatic heterocycles. The Kier molecular flexibility index (Phi) is 7.26. The summed E-state index contributed by atoms with van der Waals surface area (Å²) in [7, 11) is -8.98. The Balaban J connectivity index is 1.67. The molecule has 0 spiro atoms. The van der Waals surface area contributed by atoms with E-state index in [1.54, 1.807) is 60.0 Å². The predicted molar refractivity (Wildman–Crippen MR) is 135 cm³/mol. The van der Waals surface area contributed by atoms with E-state index in [0.717, 1.165) is 0 Å². The van der Waals surface area contributed by atoms with E-state index < -0.39 is 20.7 Å². The molecule has 36 heavy (non-hydrogen) atoms. The molecule has 4 aromatic rings. The lowest BCUT2D eigenvalue weighted by Crippen LogP contribution is -2.21. The van der Waals surface area contributed by atoms with Crippen molar-refractivity contribution in [1.29, 1.82) is 0 Å². The quantitative estimate of drug-likeness (QED) is 0.175. The van der Waals surface area contributed by atoms with E-state index in [9.17, 15) is 33.5 Å². The number of carbonyl (C=O) groups is 1. The van der Waals surface area contributed by atoms with Crippen LogP contribution in [0, 0.1) is 0 Å². The molecule has 15 heteroatoms. The Labute approximate surface area is 208 Å². The number of rotatable bonds is 8. The minimum absolute atomic E-state index is 0.114. The van der Waals surface area contributed by atoms with Crippen molar-refractivity contribution in [3.63, 3.8) is 0 Å². The summed E-state index contributed by atoms with van der Waals surface area (Å²) in [6, 6.07) is 14.7. The lowest BCUT2D eigenvalue weighted by molar-refractivity contribution is 0.102. The molecule has 0 aliphatic rings. The Morgan fingerprint density at radius 2 is 1.69 bits per heavy atom. The monoisotopic (exact) mass is 550 g/mol. The maximum absolute atomic E-state index is 12.6. The van der Waals surface area contributed by atoms with E-state index in [1.807, 2.05) is 0 Å². The third-order valence-corrected chi connectivity index (χ3v) is 9.10. The third-order valence-electron chi connectivity index (χ3n) is 4.96. The predicted octanol–water partition coefficient (Wildman–Crippen LogP) is 3.67. The molecule has 188 valence electrons. The number of hydrogen-bond acceptors (Lipinski definition) is 8. The van der Waals surface area contributed by atoms with Gasteiger partial charge in [0.2, 0.25) is 5.52 Å². The zero-order valence-corrected chi connectivity index (χ0v) is 21.1. The Morgan fingerprint density at radius 3 is 2.33 bits per heavy atom. The van der Waals surface area contributed by atoms with Crippen LogP contribution < -0.4 is 15.4 Å². The standard InChI is InChI=1S/C21H20N4O8P2S/c1-33-15-7-5-12(6-8-15)19(26)22-14-4-2-3-13(11-14)17-23-18(16-9-10-36-20(16)24-17)25-21(34(27,28)29)35(30,31)32/h2-11,21H,1H3,(H,22,26)(H,23,24,25)(H2,27,28,29)(H2,30,31,32). The minimum Gasteiger partial charge on any atom is -0.497 e. The molecule has 0 atom stereocenters. The number of fused-ring (bicyclic) bond motifs is 1. The van der Waals surface area contributed by atoms with Crippen molar-refractivity contribution < 1.29 is 38.2 Å². The van der Waals surface area contributed by atoms with Crippen molar-refractivity contribution in [2.45, 2.75) is 5.52 Å². The van der Waals surface area contributed by atoms with Crippen molar-refractivity contribution >= 4 is 54.2 Å². The van der Waals surface area contributed by atoms with Crippen LogP contribution >= 0.6 is 26.5 Å². The Bertz CT molecular complexity index is 1490. The van der Waals surface area contributed by atoms with Gasteiger partial charge in [-0.15, -0.1) is 11.3 Å². The van der Waals surface area contributed by atoms with Gasteiger partial charge in [-0.2, -0.15) is 0 Å². The number of hydrogen-bond donors (Lipinski definition) is 6. The van der Waals surface area contributed by atoms with Crippen LogP contribution in [-0.2, 0) is 9.13 Å². The fraction of sp³-hybridized carbons (Fsp3) is 0.0952. The number of benzene rings is 2. The van der Waals surface area contributed by atoms with E-state index in [-0.39, 0.29) is 17.5 Å². The van der Waals surface area contributed by atoms with Crippen LogP contribution in [0.5, 0.6) is 5.75 Å². The second kappa shape index (κ2) is 10.1. The molecule has 0 fully saturated rings. The highest BCUT2D eigenvalue weighted by molar-refractivity contribution is 7.71. The number of thiophene rings is 1. The number of aromatic nitrogens is 2. The third kappa shape index (κ3) is 5.80. The summed E-state index contributed by atoms with van der Waals surface area (Å²) in [6.07, 6.45) is 0. The maximum atomic E-state index is 12.6. The first kappa shape index (κ1) is 25.9. The van der Waals surface area contributed by atoms with Gasteiger partial charge >= 0.3 is 15.2 Å². The van der Waals surface area contributed by atoms with E-state index in [0.29, 0.717) is 32.8 Å². The van der Waals surface area contributed by atoms with Gasteiger partial charge in [0.05, 0.1) is 12.5 Å². The molecule has 0 saturated carbocycles. The fourth-order valence-corrected chi connectivity index (χ4v) is 6.18. The number of carbonyl (C=O) groups excluding carboxylic acids is 1. The van der Waals surface area contributed by atoms with Crippen LogP contribution in [0.4, 0.5) is 11.5 Å². The summed E-state index contributed by atoms with van der Waals surface area (Å²) >= 11 is 1.21. The lowest BCUT2D eigenvalue weighted by atomic mass is 10.1. The number of amides is 1. The molecule has 6 N–H and O–H groups in total. The Hall–Kier alpha value is -3.15. The van der Waals surface area contributed by atoms with Gasteiger partial charge in [-0.25, -0.2) is 9.97 Å². The van der Waals surface area contributed by atoms with Gasteiger partial charge in [0.1, 0.15) is 16.4 Å². The van der Waals surface area contributed by atoms with E-state index in [4.69, 9.17) is 4.74 Å². The minimum atomic E-state index is -5.25. The van der Waals surface area contributed by atoms with Gasteiger partial charge in [0.15, 0.2) is 5.82 Å². The molecule has 0 bridgehead atoms. The summed E-state index contributed by atoms with van der Waals surface area (Å²) in [5.74, 6) is 0.209. The largest absolute Gasteiger partial charge is 0.497 e. The summed E-state index contributed by atoms with van der Waals surface area (Å²) < 4.78 is 28.6. The van der Waals surface area contributed by atoms with Crippen molar-refractivity contribution in [3.8, 4) is 17.1 Å². The molecule has 0 aliphatic heterocycles. The molecule has 0 saturated heterocycles. The highest BCUT2D eigenvalue weighted by atomic mass is 32.1. The van der Waals surface area contributed by atoms with Crippen molar-refractivity contribution in [3.05, 3.63) is 65.5 Å². The summed E-state index contributed by atoms with van der Waals surface area (Å²) in [5, 5.41) is 6.98. The molecule has 12 nitrogen and oxygen atoms in total. The lowest BCUT2D eigenvalue weighted by Gasteiger charge is -2.21. The van der Waals surface area contributed by atoms with Gasteiger partial charge in [-0.3, -0.25) is 13.9 Å². The topological polar surface area (TPSA) is 191 Å². The SMILES string of the molecule is COc1ccc(C(=O)Nc2cccc(-c3nc(NC(P(=O)(O)O)P(=O)(O)O)c4ccsc4n3)c2)cc1. The van der Waals surface area contributed by atoms with Crippen molar-refractivity contribution in [2.24, 2.45) is 0 Å². The summed E-state index contributed by atoms with van der Waals surface area (Å²) in [6.45, 7) is 0. The number of nitrogens with zero attached hydrogens (tertiary/aromatic N) is 2. The molecule has 2 heterocycles. The second-order valence-corrected chi connectivity index (χ2v) is 12.2. The normalized spacial score (nSPS) is 12.1. The van der Waals surface area contributed by atoms with Crippen LogP contribution in [0.2, 0.25) is 0 Å². The van der Waals surface area contributed by atoms with Gasteiger partial charge in [0.25, 0.3) is 5.91 Å². The average molecular weight is 550 g/mol. The first-order valence-corrected chi connectivity index (χ1v) is 14.4. The zero-order valence-electron chi connectivity index (χ0n) is 18.5. The van der Waals surface area contributed by atoms with E-state index >= 15 is 0 Å². The number of ether oxygens (including phenoxy) is 1. The molecular formula is C21H20N4O8P2S. The van der Waals surface area contributed by atoms with Crippen molar-refractivity contribution in [1.82, 2.24) is 9.97 Å². The van der Waals surface area contributed by atoms with E-state index in [1.165, 1.54) is 18.4 Å². The number of anilines is 2.